The van der Waals surface area contributed by atoms with Gasteiger partial charge in [-0.1, -0.05) is 13.3 Å². The molecule has 1 fully saturated rings. The molecule has 1 N–H and O–H groups in total. The number of hydrogen-bond acceptors (Lipinski definition) is 4. The first-order valence-corrected chi connectivity index (χ1v) is 7.01. The van der Waals surface area contributed by atoms with E-state index >= 15 is 0 Å². The largest absolute Gasteiger partial charge is 0.373 e. The fourth-order valence-electron chi connectivity index (χ4n) is 2.64. The van der Waals surface area contributed by atoms with Gasteiger partial charge in [-0.15, -0.1) is 0 Å². The molecule has 0 bridgehead atoms. The molecule has 0 saturated carbocycles. The molecule has 1 aliphatic rings. The normalized spacial score (nSPS) is 20.6. The molecule has 1 aromatic heterocycles. The summed E-state index contributed by atoms with van der Waals surface area (Å²) in [5.74, 6) is 3.72. The van der Waals surface area contributed by atoms with Crippen LogP contribution in [0.5, 0.6) is 0 Å². The Morgan fingerprint density at radius 3 is 2.89 bits per heavy atom. The number of nitrogens with one attached hydrogen (secondary N) is 1. The van der Waals surface area contributed by atoms with Crippen molar-refractivity contribution in [3.8, 4) is 0 Å². The highest BCUT2D eigenvalue weighted by Gasteiger charge is 2.17. The van der Waals surface area contributed by atoms with Crippen LogP contribution < -0.4 is 10.2 Å². The van der Waals surface area contributed by atoms with Gasteiger partial charge in [-0.05, 0) is 32.1 Å². The van der Waals surface area contributed by atoms with Crippen molar-refractivity contribution < 1.29 is 0 Å². The molecule has 1 atom stereocenters. The summed E-state index contributed by atoms with van der Waals surface area (Å²) >= 11 is 0. The summed E-state index contributed by atoms with van der Waals surface area (Å²) in [5, 5.41) is 3.11. The molecule has 0 aliphatic carbocycles. The number of aromatic nitrogens is 2. The number of aryl methyl sites for hydroxylation is 1. The number of nitrogens with zero attached hydrogens (tertiary/aromatic N) is 3. The number of anilines is 2. The van der Waals surface area contributed by atoms with Gasteiger partial charge in [0.2, 0.25) is 0 Å². The lowest BCUT2D eigenvalue weighted by Crippen LogP contribution is -2.25. The number of hydrogen-bond donors (Lipinski definition) is 1. The first kappa shape index (κ1) is 13.1. The molecule has 0 radical (unpaired) electrons. The van der Waals surface area contributed by atoms with Crippen molar-refractivity contribution in [2.45, 2.75) is 39.5 Å². The highest BCUT2D eigenvalue weighted by atomic mass is 15.2. The molecule has 4 heteroatoms. The van der Waals surface area contributed by atoms with Crippen LogP contribution in [0.2, 0.25) is 0 Å². The molecule has 1 aromatic rings. The van der Waals surface area contributed by atoms with E-state index in [4.69, 9.17) is 0 Å². The third-order valence-corrected chi connectivity index (χ3v) is 3.83. The SMILES string of the molecule is CCC1CCCN(c2cc(NC)nc(C)n2)CC1. The van der Waals surface area contributed by atoms with Gasteiger partial charge >= 0.3 is 0 Å². The van der Waals surface area contributed by atoms with E-state index in [-0.39, 0.29) is 0 Å². The van der Waals surface area contributed by atoms with E-state index in [0.717, 1.165) is 36.5 Å². The van der Waals surface area contributed by atoms with Crippen molar-refractivity contribution in [2.24, 2.45) is 5.92 Å². The predicted octanol–water partition coefficient (Wildman–Crippen LogP) is 2.84. The molecule has 1 saturated heterocycles. The van der Waals surface area contributed by atoms with Crippen LogP contribution in [0, 0.1) is 12.8 Å². The van der Waals surface area contributed by atoms with E-state index in [1.165, 1.54) is 25.7 Å². The lowest BCUT2D eigenvalue weighted by atomic mass is 9.98. The summed E-state index contributed by atoms with van der Waals surface area (Å²) in [6, 6.07) is 2.05. The zero-order valence-electron chi connectivity index (χ0n) is 11.7. The maximum Gasteiger partial charge on any atom is 0.134 e. The molecule has 4 nitrogen and oxygen atoms in total. The molecule has 18 heavy (non-hydrogen) atoms. The first-order valence-electron chi connectivity index (χ1n) is 7.01. The lowest BCUT2D eigenvalue weighted by molar-refractivity contribution is 0.459. The topological polar surface area (TPSA) is 41.0 Å². The van der Waals surface area contributed by atoms with Crippen LogP contribution in [0.4, 0.5) is 11.6 Å². The molecular weight excluding hydrogens is 224 g/mol. The Bertz CT molecular complexity index is 391. The van der Waals surface area contributed by atoms with Crippen molar-refractivity contribution >= 4 is 11.6 Å². The summed E-state index contributed by atoms with van der Waals surface area (Å²) in [5.41, 5.74) is 0. The van der Waals surface area contributed by atoms with E-state index in [2.05, 4.69) is 33.2 Å². The summed E-state index contributed by atoms with van der Waals surface area (Å²) < 4.78 is 0. The van der Waals surface area contributed by atoms with Crippen LogP contribution in [0.3, 0.4) is 0 Å². The van der Waals surface area contributed by atoms with Gasteiger partial charge in [-0.3, -0.25) is 0 Å². The Morgan fingerprint density at radius 1 is 1.33 bits per heavy atom. The Morgan fingerprint density at radius 2 is 2.17 bits per heavy atom. The molecule has 1 aliphatic heterocycles. The van der Waals surface area contributed by atoms with Gasteiger partial charge in [0.25, 0.3) is 0 Å². The first-order chi connectivity index (χ1) is 8.72. The van der Waals surface area contributed by atoms with Crippen LogP contribution >= 0.6 is 0 Å². The van der Waals surface area contributed by atoms with Crippen LogP contribution in [0.1, 0.15) is 38.4 Å². The Labute approximate surface area is 110 Å². The minimum atomic E-state index is 0.841. The average Bonchev–Trinajstić information content (AvgIpc) is 2.63. The van der Waals surface area contributed by atoms with Gasteiger partial charge in [0.1, 0.15) is 17.5 Å². The fourth-order valence-corrected chi connectivity index (χ4v) is 2.64. The second-order valence-corrected chi connectivity index (χ2v) is 5.10. The zero-order chi connectivity index (χ0) is 13.0. The second-order valence-electron chi connectivity index (χ2n) is 5.10. The third-order valence-electron chi connectivity index (χ3n) is 3.83. The Balaban J connectivity index is 2.13. The van der Waals surface area contributed by atoms with Gasteiger partial charge in [0.05, 0.1) is 0 Å². The summed E-state index contributed by atoms with van der Waals surface area (Å²) in [6.45, 7) is 6.50. The predicted molar refractivity (Wildman–Crippen MR) is 76.2 cm³/mol. The highest BCUT2D eigenvalue weighted by molar-refractivity contribution is 5.49. The van der Waals surface area contributed by atoms with Gasteiger partial charge in [0, 0.05) is 26.2 Å². The summed E-state index contributed by atoms with van der Waals surface area (Å²) in [4.78, 5) is 11.3. The van der Waals surface area contributed by atoms with Gasteiger partial charge in [-0.25, -0.2) is 9.97 Å². The maximum atomic E-state index is 4.57. The van der Waals surface area contributed by atoms with Crippen molar-refractivity contribution in [1.82, 2.24) is 9.97 Å². The van der Waals surface area contributed by atoms with E-state index < -0.39 is 0 Å². The molecule has 0 spiro atoms. The van der Waals surface area contributed by atoms with Crippen LogP contribution in [0.15, 0.2) is 6.07 Å². The number of rotatable bonds is 3. The molecule has 1 unspecified atom stereocenters. The zero-order valence-corrected chi connectivity index (χ0v) is 11.7. The fraction of sp³-hybridized carbons (Fsp3) is 0.714. The molecule has 2 heterocycles. The van der Waals surface area contributed by atoms with Crippen molar-refractivity contribution in [3.05, 3.63) is 11.9 Å². The molecular formula is C14H24N4. The Hall–Kier alpha value is -1.32. The quantitative estimate of drug-likeness (QED) is 0.893. The lowest BCUT2D eigenvalue weighted by Gasteiger charge is -2.22. The maximum absolute atomic E-state index is 4.57. The van der Waals surface area contributed by atoms with E-state index in [0.29, 0.717) is 0 Å². The minimum absolute atomic E-state index is 0.841. The van der Waals surface area contributed by atoms with Gasteiger partial charge < -0.3 is 10.2 Å². The standard InChI is InChI=1S/C14H24N4/c1-4-12-6-5-8-18(9-7-12)14-10-13(15-3)16-11(2)17-14/h10,12H,4-9H2,1-3H3,(H,15,16,17). The van der Waals surface area contributed by atoms with Crippen LogP contribution in [-0.4, -0.2) is 30.1 Å². The Kier molecular flexibility index (Phi) is 4.39. The van der Waals surface area contributed by atoms with Crippen molar-refractivity contribution in [2.75, 3.05) is 30.4 Å². The van der Waals surface area contributed by atoms with Crippen LogP contribution in [0.25, 0.3) is 0 Å². The second kappa shape index (κ2) is 6.03. The van der Waals surface area contributed by atoms with Gasteiger partial charge in [0.15, 0.2) is 0 Å². The monoisotopic (exact) mass is 248 g/mol. The molecule has 0 aromatic carbocycles. The third kappa shape index (κ3) is 3.12. The minimum Gasteiger partial charge on any atom is -0.373 e. The van der Waals surface area contributed by atoms with Crippen molar-refractivity contribution in [3.63, 3.8) is 0 Å². The average molecular weight is 248 g/mol. The van der Waals surface area contributed by atoms with Crippen LogP contribution in [-0.2, 0) is 0 Å². The van der Waals surface area contributed by atoms with Gasteiger partial charge in [-0.2, -0.15) is 0 Å². The molecule has 2 rings (SSSR count). The highest BCUT2D eigenvalue weighted by Crippen LogP contribution is 2.24. The smallest absolute Gasteiger partial charge is 0.134 e. The van der Waals surface area contributed by atoms with E-state index in [1.54, 1.807) is 0 Å². The van der Waals surface area contributed by atoms with E-state index in [9.17, 15) is 0 Å². The molecule has 100 valence electrons. The summed E-state index contributed by atoms with van der Waals surface area (Å²) in [6.07, 6.45) is 5.22. The van der Waals surface area contributed by atoms with Crippen molar-refractivity contribution in [1.29, 1.82) is 0 Å². The summed E-state index contributed by atoms with van der Waals surface area (Å²) in [7, 11) is 1.90. The molecule has 0 amide bonds. The van der Waals surface area contributed by atoms with E-state index in [1.807, 2.05) is 14.0 Å².